The number of nitrogens with one attached hydrogen (secondary N) is 1. The quantitative estimate of drug-likeness (QED) is 0.294. The average Bonchev–Trinajstić information content (AvgIpc) is 3.58. The monoisotopic (exact) mass is 495 g/mol. The topological polar surface area (TPSA) is 56.2 Å². The van der Waals surface area contributed by atoms with Crippen molar-refractivity contribution in [2.75, 3.05) is 6.54 Å². The van der Waals surface area contributed by atoms with E-state index in [2.05, 4.69) is 10.4 Å². The van der Waals surface area contributed by atoms with E-state index in [0.717, 1.165) is 18.4 Å². The number of ether oxygens (including phenoxy) is 1. The van der Waals surface area contributed by atoms with Gasteiger partial charge in [0.2, 0.25) is 0 Å². The summed E-state index contributed by atoms with van der Waals surface area (Å²) in [6.07, 6.45) is -2.60. The highest BCUT2D eigenvalue weighted by molar-refractivity contribution is 6.32. The number of hydrogen-bond acceptors (Lipinski definition) is 3. The van der Waals surface area contributed by atoms with Gasteiger partial charge in [-0.3, -0.25) is 9.48 Å². The molecule has 0 radical (unpaired) electrons. The molecule has 1 N–H and O–H groups in total. The van der Waals surface area contributed by atoms with Gasteiger partial charge < -0.3 is 10.1 Å². The fourth-order valence-electron chi connectivity index (χ4n) is 3.53. The summed E-state index contributed by atoms with van der Waals surface area (Å²) < 4.78 is 59.3. The first-order chi connectivity index (χ1) is 16.2. The number of carbonyl (C=O) groups excluding carboxylic acids is 1. The Bertz CT molecular complexity index is 1140. The van der Waals surface area contributed by atoms with Gasteiger partial charge in [0.1, 0.15) is 18.2 Å². The number of amides is 1. The van der Waals surface area contributed by atoms with E-state index in [9.17, 15) is 22.4 Å². The van der Waals surface area contributed by atoms with E-state index in [0.29, 0.717) is 23.4 Å². The summed E-state index contributed by atoms with van der Waals surface area (Å²) in [5.41, 5.74) is 0.664. The minimum atomic E-state index is -4.60. The fraction of sp³-hybridized carbons (Fsp3) is 0.333. The lowest BCUT2D eigenvalue weighted by molar-refractivity contribution is -0.141. The maximum Gasteiger partial charge on any atom is 0.436 e. The molecule has 0 unspecified atom stereocenters. The molecule has 10 heteroatoms. The Balaban J connectivity index is 1.26. The molecule has 2 aromatic carbocycles. The first-order valence-corrected chi connectivity index (χ1v) is 11.2. The summed E-state index contributed by atoms with van der Waals surface area (Å²) in [6.45, 7) is 0.766. The molecule has 1 amide bonds. The van der Waals surface area contributed by atoms with E-state index in [4.69, 9.17) is 16.3 Å². The molecule has 1 aromatic heterocycles. The number of carbonyl (C=O) groups is 1. The molecule has 0 bridgehead atoms. The Hall–Kier alpha value is -3.07. The van der Waals surface area contributed by atoms with Gasteiger partial charge in [0.05, 0.1) is 10.7 Å². The minimum absolute atomic E-state index is 0.0104. The second-order valence-corrected chi connectivity index (χ2v) is 8.47. The molecule has 5 nitrogen and oxygen atoms in total. The number of halogens is 5. The lowest BCUT2D eigenvalue weighted by Crippen LogP contribution is -2.25. The molecule has 0 spiro atoms. The second-order valence-electron chi connectivity index (χ2n) is 8.09. The predicted molar refractivity (Wildman–Crippen MR) is 118 cm³/mol. The van der Waals surface area contributed by atoms with Gasteiger partial charge in [0.15, 0.2) is 5.69 Å². The van der Waals surface area contributed by atoms with E-state index in [1.54, 1.807) is 24.3 Å². The highest BCUT2D eigenvalue weighted by Crippen LogP contribution is 2.46. The van der Waals surface area contributed by atoms with Gasteiger partial charge in [-0.25, -0.2) is 4.39 Å². The van der Waals surface area contributed by atoms with Crippen molar-refractivity contribution in [2.45, 2.75) is 44.5 Å². The van der Waals surface area contributed by atoms with Gasteiger partial charge in [0.25, 0.3) is 5.91 Å². The Labute approximate surface area is 198 Å². The highest BCUT2D eigenvalue weighted by Gasteiger charge is 2.41. The van der Waals surface area contributed by atoms with Crippen LogP contribution in [0.2, 0.25) is 5.02 Å². The normalized spacial score (nSPS) is 13.7. The largest absolute Gasteiger partial charge is 0.489 e. The summed E-state index contributed by atoms with van der Waals surface area (Å²) >= 11 is 5.97. The number of hydrogen-bond donors (Lipinski definition) is 1. The molecule has 1 saturated carbocycles. The lowest BCUT2D eigenvalue weighted by atomic mass is 10.1. The molecule has 1 heterocycles. The number of nitrogens with zero attached hydrogens (tertiary/aromatic N) is 2. The summed E-state index contributed by atoms with van der Waals surface area (Å²) in [6, 6.07) is 12.5. The van der Waals surface area contributed by atoms with Crippen molar-refractivity contribution < 1.29 is 27.1 Å². The van der Waals surface area contributed by atoms with Crippen molar-refractivity contribution in [1.82, 2.24) is 15.1 Å². The van der Waals surface area contributed by atoms with E-state index in [-0.39, 0.29) is 42.4 Å². The molecular formula is C24H22ClF4N3O2. The van der Waals surface area contributed by atoms with Crippen LogP contribution in [0.1, 0.15) is 52.5 Å². The molecule has 180 valence electrons. The van der Waals surface area contributed by atoms with Gasteiger partial charge in [-0.05, 0) is 61.2 Å². The number of aryl methyl sites for hydroxylation is 1. The summed E-state index contributed by atoms with van der Waals surface area (Å²) in [5.74, 6) is -0.0847. The van der Waals surface area contributed by atoms with Crippen LogP contribution in [0.15, 0.2) is 48.5 Å². The molecule has 4 rings (SSSR count). The summed E-state index contributed by atoms with van der Waals surface area (Å²) in [4.78, 5) is 12.4. The van der Waals surface area contributed by atoms with Gasteiger partial charge in [-0.1, -0.05) is 23.7 Å². The zero-order valence-corrected chi connectivity index (χ0v) is 18.8. The number of aromatic nitrogens is 2. The predicted octanol–water partition coefficient (Wildman–Crippen LogP) is 5.97. The third-order valence-corrected chi connectivity index (χ3v) is 5.80. The molecule has 1 fully saturated rings. The second kappa shape index (κ2) is 10.0. The Kier molecular flexibility index (Phi) is 7.11. The van der Waals surface area contributed by atoms with Crippen LogP contribution >= 0.6 is 11.6 Å². The third kappa shape index (κ3) is 5.88. The molecule has 3 aromatic rings. The maximum absolute atomic E-state index is 13.1. The first kappa shape index (κ1) is 24.1. The maximum atomic E-state index is 13.1. The zero-order chi connectivity index (χ0) is 24.3. The molecule has 1 aliphatic rings. The SMILES string of the molecule is O=C(NCCCn1nc(C(F)(F)F)c(Cl)c1C1CC1)c1ccc(COc2ccc(F)cc2)cc1. The van der Waals surface area contributed by atoms with Crippen molar-refractivity contribution in [1.29, 1.82) is 0 Å². The molecule has 0 atom stereocenters. The smallest absolute Gasteiger partial charge is 0.436 e. The molecular weight excluding hydrogens is 474 g/mol. The van der Waals surface area contributed by atoms with Crippen LogP contribution < -0.4 is 10.1 Å². The van der Waals surface area contributed by atoms with Crippen LogP contribution in [-0.4, -0.2) is 22.2 Å². The molecule has 34 heavy (non-hydrogen) atoms. The minimum Gasteiger partial charge on any atom is -0.489 e. The Morgan fingerprint density at radius 1 is 1.12 bits per heavy atom. The zero-order valence-electron chi connectivity index (χ0n) is 18.0. The summed E-state index contributed by atoms with van der Waals surface area (Å²) in [7, 11) is 0. The first-order valence-electron chi connectivity index (χ1n) is 10.8. The van der Waals surface area contributed by atoms with Gasteiger partial charge >= 0.3 is 6.18 Å². The highest BCUT2D eigenvalue weighted by atomic mass is 35.5. The molecule has 0 aliphatic heterocycles. The van der Waals surface area contributed by atoms with E-state index in [1.165, 1.54) is 28.9 Å². The van der Waals surface area contributed by atoms with Crippen molar-refractivity contribution in [2.24, 2.45) is 0 Å². The van der Waals surface area contributed by atoms with E-state index >= 15 is 0 Å². The van der Waals surface area contributed by atoms with E-state index in [1.807, 2.05) is 0 Å². The van der Waals surface area contributed by atoms with Gasteiger partial charge in [-0.2, -0.15) is 18.3 Å². The van der Waals surface area contributed by atoms with Crippen LogP contribution in [0.25, 0.3) is 0 Å². The van der Waals surface area contributed by atoms with Crippen LogP contribution in [0.5, 0.6) is 5.75 Å². The lowest BCUT2D eigenvalue weighted by Gasteiger charge is -2.09. The number of benzene rings is 2. The van der Waals surface area contributed by atoms with Crippen LogP contribution in [0.4, 0.5) is 17.6 Å². The molecule has 0 saturated heterocycles. The fourth-order valence-corrected chi connectivity index (χ4v) is 3.93. The average molecular weight is 496 g/mol. The summed E-state index contributed by atoms with van der Waals surface area (Å²) in [5, 5.41) is 6.14. The van der Waals surface area contributed by atoms with Crippen LogP contribution in [0, 0.1) is 5.82 Å². The standard InChI is InChI=1S/C24H22ClF4N3O2/c25-20-21(16-6-7-16)32(31-22(20)24(27,28)29)13-1-12-30-23(33)17-4-2-15(3-5-17)14-34-19-10-8-18(26)9-11-19/h2-5,8-11,16H,1,6-7,12-14H2,(H,30,33). The molecule has 1 aliphatic carbocycles. The van der Waals surface area contributed by atoms with Crippen LogP contribution in [0.3, 0.4) is 0 Å². The van der Waals surface area contributed by atoms with E-state index < -0.39 is 11.9 Å². The van der Waals surface area contributed by atoms with Crippen molar-refractivity contribution in [3.63, 3.8) is 0 Å². The number of alkyl halides is 3. The Morgan fingerprint density at radius 2 is 1.79 bits per heavy atom. The van der Waals surface area contributed by atoms with Crippen LogP contribution in [-0.2, 0) is 19.3 Å². The van der Waals surface area contributed by atoms with Crippen molar-refractivity contribution in [3.8, 4) is 5.75 Å². The Morgan fingerprint density at radius 3 is 2.41 bits per heavy atom. The number of rotatable bonds is 9. The van der Waals surface area contributed by atoms with Crippen molar-refractivity contribution in [3.05, 3.63) is 81.9 Å². The van der Waals surface area contributed by atoms with Gasteiger partial charge in [-0.15, -0.1) is 0 Å². The van der Waals surface area contributed by atoms with Crippen molar-refractivity contribution >= 4 is 17.5 Å². The third-order valence-electron chi connectivity index (χ3n) is 5.43. The van der Waals surface area contributed by atoms with Gasteiger partial charge in [0, 0.05) is 24.6 Å².